The first kappa shape index (κ1) is 11.8. The highest BCUT2D eigenvalue weighted by atomic mass is 79.9. The number of hydrogen-bond acceptors (Lipinski definition) is 3. The number of nitrogen functional groups attached to an aromatic ring is 1. The van der Waals surface area contributed by atoms with Crippen LogP contribution in [0.5, 0.6) is 0 Å². The van der Waals surface area contributed by atoms with E-state index in [0.29, 0.717) is 16.0 Å². The number of aromatic nitrogens is 1. The summed E-state index contributed by atoms with van der Waals surface area (Å²) >= 11 is 3.01. The Morgan fingerprint density at radius 3 is 2.35 bits per heavy atom. The van der Waals surface area contributed by atoms with E-state index >= 15 is 0 Å². The van der Waals surface area contributed by atoms with Crippen molar-refractivity contribution in [2.75, 3.05) is 11.1 Å². The summed E-state index contributed by atoms with van der Waals surface area (Å²) in [6.07, 6.45) is 1.40. The number of halogens is 3. The number of nitrogens with two attached hydrogens (primary N) is 1. The molecule has 0 fully saturated rings. The van der Waals surface area contributed by atoms with Gasteiger partial charge in [-0.05, 0) is 24.3 Å². The average Bonchev–Trinajstić information content (AvgIpc) is 2.26. The topological polar surface area (TPSA) is 50.9 Å². The summed E-state index contributed by atoms with van der Waals surface area (Å²) in [6, 6.07) is 5.48. The van der Waals surface area contributed by atoms with Crippen molar-refractivity contribution >= 4 is 33.1 Å². The van der Waals surface area contributed by atoms with E-state index in [-0.39, 0.29) is 5.69 Å². The fourth-order valence-corrected chi connectivity index (χ4v) is 1.69. The van der Waals surface area contributed by atoms with Crippen molar-refractivity contribution in [3.63, 3.8) is 0 Å². The van der Waals surface area contributed by atoms with Crippen LogP contribution in [-0.4, -0.2) is 4.98 Å². The highest BCUT2D eigenvalue weighted by Crippen LogP contribution is 2.26. The first-order chi connectivity index (χ1) is 8.06. The molecule has 0 radical (unpaired) electrons. The van der Waals surface area contributed by atoms with Crippen LogP contribution in [0.4, 0.5) is 26.0 Å². The second kappa shape index (κ2) is 4.67. The molecule has 1 aromatic heterocycles. The van der Waals surface area contributed by atoms with Gasteiger partial charge in [0.1, 0.15) is 11.5 Å². The molecular formula is C11H8BrF2N3. The Balaban J connectivity index is 2.33. The molecule has 0 unspecified atom stereocenters. The van der Waals surface area contributed by atoms with Crippen molar-refractivity contribution in [2.45, 2.75) is 0 Å². The number of hydrogen-bond donors (Lipinski definition) is 2. The molecule has 0 amide bonds. The maximum Gasteiger partial charge on any atom is 0.150 e. The number of nitrogens with zero attached hydrogens (tertiary/aromatic N) is 1. The second-order valence-corrected chi connectivity index (χ2v) is 4.26. The quantitative estimate of drug-likeness (QED) is 0.893. The number of pyridine rings is 1. The van der Waals surface area contributed by atoms with Crippen LogP contribution in [0.25, 0.3) is 0 Å². The first-order valence-electron chi connectivity index (χ1n) is 4.69. The molecule has 2 aromatic rings. The van der Waals surface area contributed by atoms with E-state index in [0.717, 1.165) is 0 Å². The van der Waals surface area contributed by atoms with Crippen molar-refractivity contribution < 1.29 is 8.78 Å². The SMILES string of the molecule is Nc1ccc(Nc2c(F)cc(Br)cc2F)cn1. The molecule has 0 saturated heterocycles. The Kier molecular flexibility index (Phi) is 3.23. The lowest BCUT2D eigenvalue weighted by atomic mass is 10.2. The largest absolute Gasteiger partial charge is 0.384 e. The highest BCUT2D eigenvalue weighted by molar-refractivity contribution is 9.10. The minimum atomic E-state index is -0.686. The van der Waals surface area contributed by atoms with E-state index in [1.807, 2.05) is 0 Å². The summed E-state index contributed by atoms with van der Waals surface area (Å²) in [7, 11) is 0. The summed E-state index contributed by atoms with van der Waals surface area (Å²) in [5.74, 6) is -1.03. The molecule has 0 atom stereocenters. The fourth-order valence-electron chi connectivity index (χ4n) is 1.29. The summed E-state index contributed by atoms with van der Waals surface area (Å²) in [5, 5.41) is 2.61. The standard InChI is InChI=1S/C11H8BrF2N3/c12-6-3-8(13)11(9(14)4-6)17-7-1-2-10(15)16-5-7/h1-5,17H,(H2,15,16). The van der Waals surface area contributed by atoms with Crippen LogP contribution in [-0.2, 0) is 0 Å². The Hall–Kier alpha value is -1.69. The lowest BCUT2D eigenvalue weighted by molar-refractivity contribution is 0.589. The van der Waals surface area contributed by atoms with Crippen molar-refractivity contribution in [1.82, 2.24) is 4.98 Å². The molecule has 3 nitrogen and oxygen atoms in total. The molecule has 0 aliphatic carbocycles. The van der Waals surface area contributed by atoms with Gasteiger partial charge in [-0.15, -0.1) is 0 Å². The molecule has 0 aliphatic heterocycles. The van der Waals surface area contributed by atoms with Crippen LogP contribution in [0.1, 0.15) is 0 Å². The van der Waals surface area contributed by atoms with Crippen LogP contribution >= 0.6 is 15.9 Å². The molecule has 17 heavy (non-hydrogen) atoms. The van der Waals surface area contributed by atoms with Gasteiger partial charge >= 0.3 is 0 Å². The summed E-state index contributed by atoms with van der Waals surface area (Å²) < 4.78 is 27.3. The Bertz CT molecular complexity index is 520. The molecule has 0 spiro atoms. The Morgan fingerprint density at radius 1 is 1.18 bits per heavy atom. The fraction of sp³-hybridized carbons (Fsp3) is 0. The lowest BCUT2D eigenvalue weighted by Gasteiger charge is -2.09. The number of benzene rings is 1. The number of nitrogens with one attached hydrogen (secondary N) is 1. The van der Waals surface area contributed by atoms with E-state index in [9.17, 15) is 8.78 Å². The molecule has 88 valence electrons. The van der Waals surface area contributed by atoms with E-state index in [2.05, 4.69) is 26.2 Å². The van der Waals surface area contributed by atoms with E-state index in [1.165, 1.54) is 24.4 Å². The molecular weight excluding hydrogens is 292 g/mol. The minimum absolute atomic E-state index is 0.222. The zero-order chi connectivity index (χ0) is 12.4. The number of rotatable bonds is 2. The molecule has 0 aliphatic rings. The average molecular weight is 300 g/mol. The smallest absolute Gasteiger partial charge is 0.150 e. The molecule has 6 heteroatoms. The first-order valence-corrected chi connectivity index (χ1v) is 5.48. The van der Waals surface area contributed by atoms with Crippen molar-refractivity contribution in [3.05, 3.63) is 46.6 Å². The van der Waals surface area contributed by atoms with Crippen molar-refractivity contribution in [3.8, 4) is 0 Å². The molecule has 3 N–H and O–H groups in total. The van der Waals surface area contributed by atoms with Gasteiger partial charge in [0.05, 0.1) is 11.9 Å². The maximum absolute atomic E-state index is 13.5. The second-order valence-electron chi connectivity index (χ2n) is 3.34. The van der Waals surface area contributed by atoms with Gasteiger partial charge in [0.25, 0.3) is 0 Å². The van der Waals surface area contributed by atoms with E-state index in [4.69, 9.17) is 5.73 Å². The molecule has 0 saturated carbocycles. The monoisotopic (exact) mass is 299 g/mol. The molecule has 1 aromatic carbocycles. The Morgan fingerprint density at radius 2 is 1.82 bits per heavy atom. The van der Waals surface area contributed by atoms with Crippen LogP contribution in [0.3, 0.4) is 0 Å². The van der Waals surface area contributed by atoms with Gasteiger partial charge in [0, 0.05) is 4.47 Å². The highest BCUT2D eigenvalue weighted by Gasteiger charge is 2.10. The van der Waals surface area contributed by atoms with E-state index < -0.39 is 11.6 Å². The van der Waals surface area contributed by atoms with Crippen LogP contribution in [0, 0.1) is 11.6 Å². The zero-order valence-electron chi connectivity index (χ0n) is 8.55. The predicted octanol–water partition coefficient (Wildman–Crippen LogP) is 3.45. The van der Waals surface area contributed by atoms with Gasteiger partial charge in [0.15, 0.2) is 11.6 Å². The van der Waals surface area contributed by atoms with Crippen molar-refractivity contribution in [2.24, 2.45) is 0 Å². The van der Waals surface area contributed by atoms with Crippen LogP contribution < -0.4 is 11.1 Å². The Labute approximate surface area is 105 Å². The predicted molar refractivity (Wildman–Crippen MR) is 66.0 cm³/mol. The summed E-state index contributed by atoms with van der Waals surface area (Å²) in [4.78, 5) is 3.81. The van der Waals surface area contributed by atoms with Gasteiger partial charge in [-0.25, -0.2) is 13.8 Å². The lowest BCUT2D eigenvalue weighted by Crippen LogP contribution is -1.99. The van der Waals surface area contributed by atoms with Crippen LogP contribution in [0.15, 0.2) is 34.9 Å². The third-order valence-corrected chi connectivity index (χ3v) is 2.52. The normalized spacial score (nSPS) is 10.3. The molecule has 2 rings (SSSR count). The van der Waals surface area contributed by atoms with Gasteiger partial charge in [-0.3, -0.25) is 0 Å². The van der Waals surface area contributed by atoms with Gasteiger partial charge in [0.2, 0.25) is 0 Å². The van der Waals surface area contributed by atoms with Crippen molar-refractivity contribution in [1.29, 1.82) is 0 Å². The molecule has 1 heterocycles. The maximum atomic E-state index is 13.5. The van der Waals surface area contributed by atoms with Crippen LogP contribution in [0.2, 0.25) is 0 Å². The minimum Gasteiger partial charge on any atom is -0.384 e. The summed E-state index contributed by atoms with van der Waals surface area (Å²) in [5.41, 5.74) is 5.64. The van der Waals surface area contributed by atoms with Gasteiger partial charge in [-0.1, -0.05) is 15.9 Å². The summed E-state index contributed by atoms with van der Waals surface area (Å²) in [6.45, 7) is 0. The van der Waals surface area contributed by atoms with Gasteiger partial charge in [-0.2, -0.15) is 0 Å². The zero-order valence-corrected chi connectivity index (χ0v) is 10.1. The number of anilines is 3. The third-order valence-electron chi connectivity index (χ3n) is 2.06. The third kappa shape index (κ3) is 2.71. The molecule has 0 bridgehead atoms. The van der Waals surface area contributed by atoms with E-state index in [1.54, 1.807) is 6.07 Å². The van der Waals surface area contributed by atoms with Gasteiger partial charge < -0.3 is 11.1 Å².